The van der Waals surface area contributed by atoms with E-state index in [1.54, 1.807) is 7.05 Å². The summed E-state index contributed by atoms with van der Waals surface area (Å²) < 4.78 is 6.19. The third kappa shape index (κ3) is 9.43. The number of carbonyl (C=O) groups excluding carboxylic acids is 1. The Hall–Kier alpha value is -0.870. The van der Waals surface area contributed by atoms with Gasteiger partial charge in [-0.15, -0.1) is 24.0 Å². The Kier molecular flexibility index (Phi) is 12.9. The van der Waals surface area contributed by atoms with Crippen LogP contribution < -0.4 is 16.0 Å². The summed E-state index contributed by atoms with van der Waals surface area (Å²) in [6.45, 7) is 6.43. The fourth-order valence-electron chi connectivity index (χ4n) is 1.84. The van der Waals surface area contributed by atoms with E-state index >= 15 is 0 Å². The van der Waals surface area contributed by atoms with Crippen LogP contribution >= 0.6 is 39.9 Å². The molecule has 1 rings (SSSR count). The maximum atomic E-state index is 12.0. The maximum absolute atomic E-state index is 12.0. The molecule has 24 heavy (non-hydrogen) atoms. The molecular formula is C16H26BrIN4O2. The molecule has 0 fully saturated rings. The summed E-state index contributed by atoms with van der Waals surface area (Å²) in [4.78, 5) is 16.1. The molecule has 136 valence electrons. The van der Waals surface area contributed by atoms with E-state index in [1.165, 1.54) is 0 Å². The van der Waals surface area contributed by atoms with E-state index in [2.05, 4.69) is 36.9 Å². The number of nitrogens with zero attached hydrogens (tertiary/aromatic N) is 1. The molecule has 8 heteroatoms. The van der Waals surface area contributed by atoms with Gasteiger partial charge in [-0.05, 0) is 31.5 Å². The lowest BCUT2D eigenvalue weighted by Gasteiger charge is -2.12. The predicted octanol–water partition coefficient (Wildman–Crippen LogP) is 2.91. The molecule has 0 aliphatic rings. The Morgan fingerprint density at radius 2 is 2.00 bits per heavy atom. The van der Waals surface area contributed by atoms with Gasteiger partial charge in [0.05, 0.1) is 6.61 Å². The summed E-state index contributed by atoms with van der Waals surface area (Å²) in [5.74, 6) is 0.625. The van der Waals surface area contributed by atoms with Gasteiger partial charge in [0.15, 0.2) is 5.96 Å². The normalized spacial score (nSPS) is 10.8. The van der Waals surface area contributed by atoms with Crippen LogP contribution in [-0.4, -0.2) is 45.2 Å². The van der Waals surface area contributed by atoms with Crippen molar-refractivity contribution in [3.05, 3.63) is 28.2 Å². The predicted molar refractivity (Wildman–Crippen MR) is 113 cm³/mol. The van der Waals surface area contributed by atoms with Gasteiger partial charge in [-0.2, -0.15) is 0 Å². The van der Waals surface area contributed by atoms with E-state index in [0.717, 1.165) is 15.7 Å². The topological polar surface area (TPSA) is 74.8 Å². The number of anilines is 1. The van der Waals surface area contributed by atoms with Crippen molar-refractivity contribution in [3.8, 4) is 0 Å². The lowest BCUT2D eigenvalue weighted by Crippen LogP contribution is -2.40. The minimum Gasteiger partial charge on any atom is -0.380 e. The maximum Gasteiger partial charge on any atom is 0.226 e. The highest BCUT2D eigenvalue weighted by Crippen LogP contribution is 2.20. The van der Waals surface area contributed by atoms with E-state index < -0.39 is 0 Å². The van der Waals surface area contributed by atoms with Crippen molar-refractivity contribution in [2.75, 3.05) is 38.7 Å². The number of carbonyl (C=O) groups is 1. The number of nitrogens with one attached hydrogen (secondary N) is 3. The smallest absolute Gasteiger partial charge is 0.226 e. The van der Waals surface area contributed by atoms with Crippen molar-refractivity contribution >= 4 is 57.5 Å². The lowest BCUT2D eigenvalue weighted by molar-refractivity contribution is -0.116. The molecule has 0 aliphatic heterocycles. The second-order valence-corrected chi connectivity index (χ2v) is 5.80. The number of ether oxygens (including phenoxy) is 1. The average molecular weight is 513 g/mol. The van der Waals surface area contributed by atoms with Crippen LogP contribution in [0.3, 0.4) is 0 Å². The van der Waals surface area contributed by atoms with Gasteiger partial charge in [0.25, 0.3) is 0 Å². The third-order valence-electron chi connectivity index (χ3n) is 3.08. The molecule has 0 unspecified atom stereocenters. The molecule has 3 N–H and O–H groups in total. The van der Waals surface area contributed by atoms with E-state index in [0.29, 0.717) is 38.7 Å². The van der Waals surface area contributed by atoms with Crippen LogP contribution in [0.25, 0.3) is 0 Å². The number of hydrogen-bond acceptors (Lipinski definition) is 3. The van der Waals surface area contributed by atoms with E-state index in [9.17, 15) is 4.79 Å². The molecule has 0 atom stereocenters. The highest BCUT2D eigenvalue weighted by molar-refractivity contribution is 14.0. The second-order valence-electron chi connectivity index (χ2n) is 4.88. The summed E-state index contributed by atoms with van der Waals surface area (Å²) in [7, 11) is 1.70. The first kappa shape index (κ1) is 23.1. The zero-order valence-electron chi connectivity index (χ0n) is 14.3. The summed E-state index contributed by atoms with van der Waals surface area (Å²) in [5.41, 5.74) is 1.85. The number of rotatable bonds is 8. The fraction of sp³-hybridized carbons (Fsp3) is 0.500. The van der Waals surface area contributed by atoms with Crippen molar-refractivity contribution in [3.63, 3.8) is 0 Å². The standard InChI is InChI=1S/C16H25BrN4O2.HI/c1-4-23-10-9-20-16(18-3)19-8-7-15(22)21-14-11-13(17)6-5-12(14)2;/h5-6,11H,4,7-10H2,1-3H3,(H,21,22)(H2,18,19,20);1H. The van der Waals surface area contributed by atoms with Crippen LogP contribution in [0.15, 0.2) is 27.7 Å². The SMILES string of the molecule is CCOCCNC(=NC)NCCC(=O)Nc1cc(Br)ccc1C.I. The van der Waals surface area contributed by atoms with Crippen LogP contribution in [0.5, 0.6) is 0 Å². The molecular weight excluding hydrogens is 487 g/mol. The molecule has 0 heterocycles. The number of aryl methyl sites for hydroxylation is 1. The number of hydrogen-bond donors (Lipinski definition) is 3. The number of amides is 1. The molecule has 0 aliphatic carbocycles. The van der Waals surface area contributed by atoms with Crippen LogP contribution in [0.1, 0.15) is 18.9 Å². The minimum absolute atomic E-state index is 0. The van der Waals surface area contributed by atoms with E-state index in [1.807, 2.05) is 32.0 Å². The molecule has 0 spiro atoms. The Morgan fingerprint density at radius 1 is 1.29 bits per heavy atom. The quantitative estimate of drug-likeness (QED) is 0.217. The first-order valence-corrected chi connectivity index (χ1v) is 8.44. The van der Waals surface area contributed by atoms with Gasteiger partial charge in [-0.1, -0.05) is 22.0 Å². The second kappa shape index (κ2) is 13.4. The first-order chi connectivity index (χ1) is 11.1. The van der Waals surface area contributed by atoms with Crippen molar-refractivity contribution in [1.29, 1.82) is 0 Å². The Morgan fingerprint density at radius 3 is 2.67 bits per heavy atom. The summed E-state index contributed by atoms with van der Waals surface area (Å²) in [6.07, 6.45) is 0.359. The Labute approximate surface area is 169 Å². The van der Waals surface area contributed by atoms with Crippen LogP contribution in [-0.2, 0) is 9.53 Å². The van der Waals surface area contributed by atoms with Gasteiger partial charge in [-0.3, -0.25) is 9.79 Å². The molecule has 0 saturated heterocycles. The van der Waals surface area contributed by atoms with Gasteiger partial charge in [0.2, 0.25) is 5.91 Å². The molecule has 0 bridgehead atoms. The van der Waals surface area contributed by atoms with Crippen LogP contribution in [0, 0.1) is 6.92 Å². The van der Waals surface area contributed by atoms with Crippen molar-refractivity contribution in [1.82, 2.24) is 10.6 Å². The zero-order valence-corrected chi connectivity index (χ0v) is 18.2. The highest BCUT2D eigenvalue weighted by atomic mass is 127. The monoisotopic (exact) mass is 512 g/mol. The third-order valence-corrected chi connectivity index (χ3v) is 3.58. The van der Waals surface area contributed by atoms with Gasteiger partial charge in [0.1, 0.15) is 0 Å². The average Bonchev–Trinajstić information content (AvgIpc) is 2.53. The molecule has 6 nitrogen and oxygen atoms in total. The number of benzene rings is 1. The van der Waals surface area contributed by atoms with Crippen molar-refractivity contribution < 1.29 is 9.53 Å². The molecule has 0 radical (unpaired) electrons. The van der Waals surface area contributed by atoms with Gasteiger partial charge in [0, 0.05) is 43.3 Å². The van der Waals surface area contributed by atoms with E-state index in [4.69, 9.17) is 4.74 Å². The Balaban J connectivity index is 0.00000529. The van der Waals surface area contributed by atoms with Gasteiger partial charge >= 0.3 is 0 Å². The van der Waals surface area contributed by atoms with Crippen LogP contribution in [0.2, 0.25) is 0 Å². The summed E-state index contributed by atoms with van der Waals surface area (Å²) in [6, 6.07) is 5.81. The zero-order chi connectivity index (χ0) is 17.1. The lowest BCUT2D eigenvalue weighted by atomic mass is 10.2. The largest absolute Gasteiger partial charge is 0.380 e. The molecule has 1 aromatic carbocycles. The number of guanidine groups is 1. The van der Waals surface area contributed by atoms with Crippen LogP contribution in [0.4, 0.5) is 5.69 Å². The number of aliphatic imine (C=N–C) groups is 1. The van der Waals surface area contributed by atoms with Gasteiger partial charge in [-0.25, -0.2) is 0 Å². The van der Waals surface area contributed by atoms with Crippen molar-refractivity contribution in [2.24, 2.45) is 4.99 Å². The van der Waals surface area contributed by atoms with Gasteiger partial charge < -0.3 is 20.7 Å². The van der Waals surface area contributed by atoms with E-state index in [-0.39, 0.29) is 29.9 Å². The molecule has 0 saturated carbocycles. The van der Waals surface area contributed by atoms with Crippen molar-refractivity contribution in [2.45, 2.75) is 20.3 Å². The minimum atomic E-state index is -0.0385. The summed E-state index contributed by atoms with van der Waals surface area (Å²) >= 11 is 3.40. The molecule has 0 aromatic heterocycles. The molecule has 1 amide bonds. The first-order valence-electron chi connectivity index (χ1n) is 7.65. The Bertz CT molecular complexity index is 541. The fourth-order valence-corrected chi connectivity index (χ4v) is 2.20. The molecule has 1 aromatic rings. The highest BCUT2D eigenvalue weighted by Gasteiger charge is 2.06. The number of halogens is 2. The summed E-state index contributed by atoms with van der Waals surface area (Å²) in [5, 5.41) is 9.14.